The molecule has 35 heavy (non-hydrogen) atoms. The Labute approximate surface area is 208 Å². The van der Waals surface area contributed by atoms with E-state index in [9.17, 15) is 9.59 Å². The number of ether oxygens (including phenoxy) is 3. The Morgan fingerprint density at radius 1 is 1.11 bits per heavy atom. The van der Waals surface area contributed by atoms with Gasteiger partial charge in [-0.1, -0.05) is 18.2 Å². The molecule has 0 radical (unpaired) electrons. The number of carbonyl (C=O) groups is 2. The summed E-state index contributed by atoms with van der Waals surface area (Å²) in [6.45, 7) is 4.93. The van der Waals surface area contributed by atoms with E-state index in [4.69, 9.17) is 14.2 Å². The Balaban J connectivity index is 1.34. The van der Waals surface area contributed by atoms with Crippen LogP contribution in [0, 0.1) is 0 Å². The van der Waals surface area contributed by atoms with Crippen molar-refractivity contribution in [2.24, 2.45) is 0 Å². The zero-order valence-corrected chi connectivity index (χ0v) is 20.6. The van der Waals surface area contributed by atoms with Gasteiger partial charge in [-0.25, -0.2) is 0 Å². The van der Waals surface area contributed by atoms with Gasteiger partial charge in [0.15, 0.2) is 11.5 Å². The minimum absolute atomic E-state index is 0.00769. The van der Waals surface area contributed by atoms with Crippen molar-refractivity contribution < 1.29 is 23.8 Å². The Kier molecular flexibility index (Phi) is 6.63. The van der Waals surface area contributed by atoms with Crippen LogP contribution in [0.15, 0.2) is 60.0 Å². The quantitative estimate of drug-likeness (QED) is 0.485. The van der Waals surface area contributed by atoms with Gasteiger partial charge in [-0.3, -0.25) is 9.59 Å². The van der Waals surface area contributed by atoms with Crippen LogP contribution in [-0.2, 0) is 11.2 Å². The Morgan fingerprint density at radius 2 is 1.91 bits per heavy atom. The first-order chi connectivity index (χ1) is 17.0. The summed E-state index contributed by atoms with van der Waals surface area (Å²) >= 11 is 1.72. The van der Waals surface area contributed by atoms with Crippen molar-refractivity contribution in [2.45, 2.75) is 32.4 Å². The van der Waals surface area contributed by atoms with Crippen molar-refractivity contribution in [1.82, 2.24) is 9.80 Å². The van der Waals surface area contributed by atoms with Crippen LogP contribution in [0.25, 0.3) is 0 Å². The molecule has 0 saturated carbocycles. The molecular formula is C27H28N2O5S. The molecule has 2 aliphatic rings. The van der Waals surface area contributed by atoms with Gasteiger partial charge in [0.25, 0.3) is 5.91 Å². The number of carbonyl (C=O) groups excluding carboxylic acids is 2. The van der Waals surface area contributed by atoms with E-state index in [1.807, 2.05) is 49.1 Å². The van der Waals surface area contributed by atoms with Crippen LogP contribution in [0.5, 0.6) is 17.2 Å². The molecule has 7 nitrogen and oxygen atoms in total. The molecular weight excluding hydrogens is 464 g/mol. The number of amides is 2. The minimum atomic E-state index is -0.211. The molecule has 0 fully saturated rings. The van der Waals surface area contributed by atoms with Crippen molar-refractivity contribution in [3.05, 3.63) is 76.0 Å². The summed E-state index contributed by atoms with van der Waals surface area (Å²) in [6, 6.07) is 16.5. The molecule has 0 N–H and O–H groups in total. The summed E-state index contributed by atoms with van der Waals surface area (Å²) < 4.78 is 16.9. The van der Waals surface area contributed by atoms with Crippen LogP contribution in [0.2, 0.25) is 0 Å². The first kappa shape index (κ1) is 23.2. The van der Waals surface area contributed by atoms with Crippen molar-refractivity contribution in [3.8, 4) is 17.2 Å². The monoisotopic (exact) mass is 492 g/mol. The summed E-state index contributed by atoms with van der Waals surface area (Å²) in [5.41, 5.74) is 1.60. The maximum atomic E-state index is 13.6. The number of rotatable bonds is 7. The Hall–Kier alpha value is -3.52. The molecule has 182 valence electrons. The maximum Gasteiger partial charge on any atom is 0.254 e. The van der Waals surface area contributed by atoms with Crippen molar-refractivity contribution >= 4 is 23.2 Å². The van der Waals surface area contributed by atoms with Crippen molar-refractivity contribution in [3.63, 3.8) is 0 Å². The van der Waals surface area contributed by atoms with Crippen molar-refractivity contribution in [1.29, 1.82) is 0 Å². The summed E-state index contributed by atoms with van der Waals surface area (Å²) in [6.07, 6.45) is 0.804. The predicted molar refractivity (Wildman–Crippen MR) is 133 cm³/mol. The van der Waals surface area contributed by atoms with Crippen LogP contribution in [0.4, 0.5) is 0 Å². The number of benzene rings is 2. The third-order valence-electron chi connectivity index (χ3n) is 6.38. The van der Waals surface area contributed by atoms with E-state index in [1.54, 1.807) is 34.4 Å². The molecule has 2 aromatic carbocycles. The van der Waals surface area contributed by atoms with E-state index < -0.39 is 0 Å². The second-order valence-corrected chi connectivity index (χ2v) is 9.87. The van der Waals surface area contributed by atoms with Crippen LogP contribution in [0.1, 0.15) is 40.7 Å². The van der Waals surface area contributed by atoms with E-state index >= 15 is 0 Å². The lowest BCUT2D eigenvalue weighted by Gasteiger charge is -2.37. The third-order valence-corrected chi connectivity index (χ3v) is 7.37. The molecule has 1 aromatic heterocycles. The zero-order valence-electron chi connectivity index (χ0n) is 19.8. The van der Waals surface area contributed by atoms with E-state index in [1.165, 1.54) is 4.88 Å². The fraction of sp³-hybridized carbons (Fsp3) is 0.333. The van der Waals surface area contributed by atoms with Gasteiger partial charge in [-0.2, -0.15) is 0 Å². The fourth-order valence-electron chi connectivity index (χ4n) is 4.49. The van der Waals surface area contributed by atoms with Gasteiger partial charge in [-0.05, 0) is 67.6 Å². The van der Waals surface area contributed by atoms with Crippen molar-refractivity contribution in [2.75, 3.05) is 26.5 Å². The lowest BCUT2D eigenvalue weighted by atomic mass is 10.00. The normalized spacial score (nSPS) is 16.2. The van der Waals surface area contributed by atoms with Crippen LogP contribution in [0.3, 0.4) is 0 Å². The molecule has 2 amide bonds. The van der Waals surface area contributed by atoms with Gasteiger partial charge >= 0.3 is 0 Å². The van der Waals surface area contributed by atoms with E-state index in [2.05, 4.69) is 11.4 Å². The number of hydrogen-bond donors (Lipinski definition) is 0. The first-order valence-electron chi connectivity index (χ1n) is 11.8. The second-order valence-electron chi connectivity index (χ2n) is 8.87. The average Bonchev–Trinajstić information content (AvgIpc) is 3.54. The van der Waals surface area contributed by atoms with E-state index in [-0.39, 0.29) is 37.2 Å². The average molecular weight is 493 g/mol. The lowest BCUT2D eigenvalue weighted by molar-refractivity contribution is -0.136. The standard InChI is InChI=1S/C27H28N2O5S/c1-18(2)29(27(31)19-8-9-23-24(14-19)34-17-33-23)15-26(30)28-12-10-25-21(11-13-35-25)22(28)16-32-20-6-4-3-5-7-20/h3-9,11,13-14,18,22H,10,12,15-17H2,1-2H3/t22-/m0/s1. The summed E-state index contributed by atoms with van der Waals surface area (Å²) in [5, 5.41) is 2.07. The van der Waals surface area contributed by atoms with Crippen LogP contribution >= 0.6 is 11.3 Å². The summed E-state index contributed by atoms with van der Waals surface area (Å²) in [7, 11) is 0. The van der Waals surface area contributed by atoms with Gasteiger partial charge in [0.05, 0.1) is 6.04 Å². The fourth-order valence-corrected chi connectivity index (χ4v) is 5.42. The maximum absolute atomic E-state index is 13.6. The molecule has 0 aliphatic carbocycles. The lowest BCUT2D eigenvalue weighted by Crippen LogP contribution is -2.49. The molecule has 2 aliphatic heterocycles. The molecule has 0 saturated heterocycles. The van der Waals surface area contributed by atoms with Crippen LogP contribution in [-0.4, -0.2) is 54.1 Å². The SMILES string of the molecule is CC(C)N(CC(=O)N1CCc2sccc2[C@@H]1COc1ccccc1)C(=O)c1ccc2c(c1)OCO2. The van der Waals surface area contributed by atoms with Gasteiger partial charge in [-0.15, -0.1) is 11.3 Å². The zero-order chi connectivity index (χ0) is 24.4. The topological polar surface area (TPSA) is 68.3 Å². The van der Waals surface area contributed by atoms with Gasteiger partial charge in [0.1, 0.15) is 18.9 Å². The molecule has 0 unspecified atom stereocenters. The van der Waals surface area contributed by atoms with E-state index in [0.29, 0.717) is 30.2 Å². The minimum Gasteiger partial charge on any atom is -0.491 e. The molecule has 8 heteroatoms. The number of nitrogens with zero attached hydrogens (tertiary/aromatic N) is 2. The highest BCUT2D eigenvalue weighted by Crippen LogP contribution is 2.35. The molecule has 1 atom stereocenters. The first-order valence-corrected chi connectivity index (χ1v) is 12.6. The smallest absolute Gasteiger partial charge is 0.254 e. The highest BCUT2D eigenvalue weighted by molar-refractivity contribution is 7.10. The largest absolute Gasteiger partial charge is 0.491 e. The molecule has 5 rings (SSSR count). The Bertz CT molecular complexity index is 1210. The Morgan fingerprint density at radius 3 is 2.71 bits per heavy atom. The molecule has 3 heterocycles. The number of thiophene rings is 1. The van der Waals surface area contributed by atoms with Gasteiger partial charge in [0.2, 0.25) is 12.7 Å². The highest BCUT2D eigenvalue weighted by atomic mass is 32.1. The molecule has 0 bridgehead atoms. The highest BCUT2D eigenvalue weighted by Gasteiger charge is 2.34. The molecule has 3 aromatic rings. The van der Waals surface area contributed by atoms with E-state index in [0.717, 1.165) is 17.7 Å². The van der Waals surface area contributed by atoms with Crippen LogP contribution < -0.4 is 14.2 Å². The van der Waals surface area contributed by atoms with Gasteiger partial charge in [0, 0.05) is 23.0 Å². The summed E-state index contributed by atoms with van der Waals surface area (Å²) in [5.74, 6) is 1.63. The molecule has 0 spiro atoms. The second kappa shape index (κ2) is 10.00. The third kappa shape index (κ3) is 4.84. The number of para-hydroxylation sites is 1. The van der Waals surface area contributed by atoms with Gasteiger partial charge < -0.3 is 24.0 Å². The summed E-state index contributed by atoms with van der Waals surface area (Å²) in [4.78, 5) is 31.8. The predicted octanol–water partition coefficient (Wildman–Crippen LogP) is 4.53. The number of fused-ring (bicyclic) bond motifs is 2. The number of hydrogen-bond acceptors (Lipinski definition) is 6.